The minimum Gasteiger partial charge on any atom is -0.385 e. The molecule has 1 rings (SSSR count). The van der Waals surface area contributed by atoms with Crippen LogP contribution in [0.3, 0.4) is 0 Å². The Morgan fingerprint density at radius 1 is 1.55 bits per heavy atom. The fraction of sp³-hybridized carbons (Fsp3) is 1.00. The molecule has 0 radical (unpaired) electrons. The molecule has 66 valence electrons. The number of hydrogen-bond acceptors (Lipinski definition) is 2. The molecule has 2 nitrogen and oxygen atoms in total. The van der Waals surface area contributed by atoms with Crippen molar-refractivity contribution in [2.24, 2.45) is 5.41 Å². The zero-order valence-electron chi connectivity index (χ0n) is 7.81. The van der Waals surface area contributed by atoms with E-state index in [1.165, 1.54) is 19.3 Å². The number of rotatable bonds is 5. The van der Waals surface area contributed by atoms with E-state index in [4.69, 9.17) is 4.74 Å². The van der Waals surface area contributed by atoms with Gasteiger partial charge in [-0.1, -0.05) is 0 Å². The van der Waals surface area contributed by atoms with E-state index < -0.39 is 0 Å². The van der Waals surface area contributed by atoms with Gasteiger partial charge in [-0.15, -0.1) is 0 Å². The van der Waals surface area contributed by atoms with Crippen LogP contribution in [0.2, 0.25) is 0 Å². The second kappa shape index (κ2) is 3.55. The van der Waals surface area contributed by atoms with E-state index in [1.807, 2.05) is 7.05 Å². The molecule has 0 aromatic carbocycles. The van der Waals surface area contributed by atoms with Crippen molar-refractivity contribution in [3.05, 3.63) is 0 Å². The number of nitrogens with one attached hydrogen (secondary N) is 1. The second-order valence-corrected chi connectivity index (χ2v) is 3.62. The van der Waals surface area contributed by atoms with Gasteiger partial charge in [0.2, 0.25) is 0 Å². The third-order valence-corrected chi connectivity index (χ3v) is 3.05. The molecule has 0 aromatic rings. The molecule has 0 saturated heterocycles. The fourth-order valence-corrected chi connectivity index (χ4v) is 1.67. The van der Waals surface area contributed by atoms with Crippen molar-refractivity contribution in [2.45, 2.75) is 32.2 Å². The molecule has 1 atom stereocenters. The van der Waals surface area contributed by atoms with Gasteiger partial charge in [-0.05, 0) is 38.6 Å². The lowest BCUT2D eigenvalue weighted by molar-refractivity contribution is 0.162. The highest BCUT2D eigenvalue weighted by Gasteiger charge is 2.45. The first kappa shape index (κ1) is 9.01. The van der Waals surface area contributed by atoms with Gasteiger partial charge in [-0.2, -0.15) is 0 Å². The van der Waals surface area contributed by atoms with Crippen molar-refractivity contribution in [1.29, 1.82) is 0 Å². The van der Waals surface area contributed by atoms with Gasteiger partial charge >= 0.3 is 0 Å². The first-order valence-electron chi connectivity index (χ1n) is 4.41. The molecule has 0 aliphatic heterocycles. The van der Waals surface area contributed by atoms with Gasteiger partial charge in [0.1, 0.15) is 0 Å². The van der Waals surface area contributed by atoms with Crippen LogP contribution in [-0.2, 0) is 4.74 Å². The van der Waals surface area contributed by atoms with Gasteiger partial charge < -0.3 is 10.1 Å². The van der Waals surface area contributed by atoms with Crippen molar-refractivity contribution in [3.8, 4) is 0 Å². The third kappa shape index (κ3) is 1.94. The summed E-state index contributed by atoms with van der Waals surface area (Å²) in [6, 6.07) is 0.651. The van der Waals surface area contributed by atoms with E-state index in [2.05, 4.69) is 12.2 Å². The SMILES string of the molecule is CNC(C)C1(CCOC)CC1. The molecule has 1 aliphatic carbocycles. The molecule has 1 saturated carbocycles. The summed E-state index contributed by atoms with van der Waals surface area (Å²) in [4.78, 5) is 0. The molecule has 1 aliphatic rings. The molecule has 0 bridgehead atoms. The average molecular weight is 157 g/mol. The van der Waals surface area contributed by atoms with Crippen LogP contribution in [-0.4, -0.2) is 26.8 Å². The number of methoxy groups -OCH3 is 1. The van der Waals surface area contributed by atoms with Crippen LogP contribution in [0.25, 0.3) is 0 Å². The zero-order chi connectivity index (χ0) is 8.32. The van der Waals surface area contributed by atoms with Gasteiger partial charge in [0.15, 0.2) is 0 Å². The molecule has 11 heavy (non-hydrogen) atoms. The van der Waals surface area contributed by atoms with Crippen molar-refractivity contribution >= 4 is 0 Å². The molecule has 1 fully saturated rings. The maximum atomic E-state index is 5.08. The fourth-order valence-electron chi connectivity index (χ4n) is 1.67. The van der Waals surface area contributed by atoms with E-state index >= 15 is 0 Å². The predicted octanol–water partition coefficient (Wildman–Crippen LogP) is 1.41. The molecule has 2 heteroatoms. The zero-order valence-corrected chi connectivity index (χ0v) is 7.81. The molecule has 0 heterocycles. The maximum absolute atomic E-state index is 5.08. The van der Waals surface area contributed by atoms with Gasteiger partial charge in [0, 0.05) is 19.8 Å². The Bertz CT molecular complexity index is 121. The normalized spacial score (nSPS) is 23.2. The summed E-state index contributed by atoms with van der Waals surface area (Å²) in [7, 11) is 3.82. The van der Waals surface area contributed by atoms with Crippen LogP contribution in [0.15, 0.2) is 0 Å². The lowest BCUT2D eigenvalue weighted by Gasteiger charge is -2.22. The quantitative estimate of drug-likeness (QED) is 0.651. The van der Waals surface area contributed by atoms with E-state index in [-0.39, 0.29) is 0 Å². The van der Waals surface area contributed by atoms with Crippen molar-refractivity contribution in [1.82, 2.24) is 5.32 Å². The van der Waals surface area contributed by atoms with Gasteiger partial charge in [0.05, 0.1) is 0 Å². The second-order valence-electron chi connectivity index (χ2n) is 3.62. The molecule has 0 amide bonds. The Morgan fingerprint density at radius 3 is 2.55 bits per heavy atom. The Kier molecular flexibility index (Phi) is 2.90. The van der Waals surface area contributed by atoms with Crippen LogP contribution in [0, 0.1) is 5.41 Å². The maximum Gasteiger partial charge on any atom is 0.0468 e. The van der Waals surface area contributed by atoms with Crippen molar-refractivity contribution in [3.63, 3.8) is 0 Å². The summed E-state index contributed by atoms with van der Waals surface area (Å²) < 4.78 is 5.08. The lowest BCUT2D eigenvalue weighted by atomic mass is 9.94. The predicted molar refractivity (Wildman–Crippen MR) is 46.7 cm³/mol. The number of hydrogen-bond donors (Lipinski definition) is 1. The monoisotopic (exact) mass is 157 g/mol. The summed E-state index contributed by atoms with van der Waals surface area (Å²) in [5, 5.41) is 3.32. The van der Waals surface area contributed by atoms with Crippen molar-refractivity contribution < 1.29 is 4.74 Å². The summed E-state index contributed by atoms with van der Waals surface area (Å²) in [5.74, 6) is 0. The van der Waals surface area contributed by atoms with Crippen LogP contribution in [0.4, 0.5) is 0 Å². The largest absolute Gasteiger partial charge is 0.385 e. The summed E-state index contributed by atoms with van der Waals surface area (Å²) in [6.45, 7) is 3.18. The Morgan fingerprint density at radius 2 is 2.18 bits per heavy atom. The first-order chi connectivity index (χ1) is 5.25. The van der Waals surface area contributed by atoms with Gasteiger partial charge in [-0.25, -0.2) is 0 Å². The molecular weight excluding hydrogens is 138 g/mol. The van der Waals surface area contributed by atoms with Crippen LogP contribution in [0.5, 0.6) is 0 Å². The molecule has 1 N–H and O–H groups in total. The van der Waals surface area contributed by atoms with Gasteiger partial charge in [-0.3, -0.25) is 0 Å². The van der Waals surface area contributed by atoms with Crippen LogP contribution in [0.1, 0.15) is 26.2 Å². The van der Waals surface area contributed by atoms with E-state index in [0.29, 0.717) is 11.5 Å². The van der Waals surface area contributed by atoms with E-state index in [9.17, 15) is 0 Å². The molecule has 1 unspecified atom stereocenters. The molecular formula is C9H19NO. The lowest BCUT2D eigenvalue weighted by Crippen LogP contribution is -2.32. The highest BCUT2D eigenvalue weighted by atomic mass is 16.5. The smallest absolute Gasteiger partial charge is 0.0468 e. The first-order valence-corrected chi connectivity index (χ1v) is 4.41. The topological polar surface area (TPSA) is 21.3 Å². The van der Waals surface area contributed by atoms with Crippen LogP contribution < -0.4 is 5.32 Å². The third-order valence-electron chi connectivity index (χ3n) is 3.05. The van der Waals surface area contributed by atoms with E-state index in [1.54, 1.807) is 7.11 Å². The summed E-state index contributed by atoms with van der Waals surface area (Å²) in [6.07, 6.45) is 3.96. The summed E-state index contributed by atoms with van der Waals surface area (Å²) in [5.41, 5.74) is 0.574. The average Bonchev–Trinajstić information content (AvgIpc) is 2.80. The Balaban J connectivity index is 2.28. The summed E-state index contributed by atoms with van der Waals surface area (Å²) >= 11 is 0. The van der Waals surface area contributed by atoms with E-state index in [0.717, 1.165) is 6.61 Å². The van der Waals surface area contributed by atoms with Crippen LogP contribution >= 0.6 is 0 Å². The van der Waals surface area contributed by atoms with Crippen molar-refractivity contribution in [2.75, 3.05) is 20.8 Å². The highest BCUT2D eigenvalue weighted by molar-refractivity contribution is 4.99. The molecule has 0 spiro atoms. The standard InChI is InChI=1S/C9H19NO/c1-8(10-2)9(4-5-9)6-7-11-3/h8,10H,4-7H2,1-3H3. The minimum atomic E-state index is 0.574. The highest BCUT2D eigenvalue weighted by Crippen LogP contribution is 2.51. The molecule has 0 aromatic heterocycles. The number of ether oxygens (including phenoxy) is 1. The van der Waals surface area contributed by atoms with Gasteiger partial charge in [0.25, 0.3) is 0 Å². The minimum absolute atomic E-state index is 0.574. The Labute approximate surface area is 69.3 Å². The Hall–Kier alpha value is -0.0800.